The number of aliphatic carboxylic acids is 1. The van der Waals surface area contributed by atoms with E-state index in [1.807, 2.05) is 0 Å². The molecule has 2 aliphatic rings. The van der Waals surface area contributed by atoms with Gasteiger partial charge in [0.05, 0.1) is 11.7 Å². The topological polar surface area (TPSA) is 92.5 Å². The zero-order chi connectivity index (χ0) is 19.1. The number of nitrogens with zero attached hydrogens (tertiary/aromatic N) is 3. The second kappa shape index (κ2) is 7.07. The number of fused-ring (bicyclic) bond motifs is 3. The molecule has 27 heavy (non-hydrogen) atoms. The maximum Gasteiger partial charge on any atom is 0.326 e. The Bertz CT molecular complexity index is 960. The van der Waals surface area contributed by atoms with Crippen LogP contribution in [0.1, 0.15) is 49.5 Å². The fourth-order valence-corrected chi connectivity index (χ4v) is 5.11. The average Bonchev–Trinajstić information content (AvgIpc) is 3.40. The van der Waals surface area contributed by atoms with Gasteiger partial charge in [-0.15, -0.1) is 11.3 Å². The van der Waals surface area contributed by atoms with Gasteiger partial charge in [0.2, 0.25) is 5.91 Å². The highest BCUT2D eigenvalue weighted by Gasteiger charge is 2.38. The minimum Gasteiger partial charge on any atom is -0.480 e. The van der Waals surface area contributed by atoms with E-state index in [4.69, 9.17) is 0 Å². The van der Waals surface area contributed by atoms with Crippen LogP contribution in [-0.4, -0.2) is 43.5 Å². The molecule has 1 atom stereocenters. The van der Waals surface area contributed by atoms with E-state index >= 15 is 0 Å². The molecule has 1 N–H and O–H groups in total. The highest BCUT2D eigenvalue weighted by atomic mass is 32.1. The fourth-order valence-electron chi connectivity index (χ4n) is 3.89. The molecule has 4 rings (SSSR count). The van der Waals surface area contributed by atoms with Crippen molar-refractivity contribution in [3.05, 3.63) is 27.1 Å². The summed E-state index contributed by atoms with van der Waals surface area (Å²) in [4.78, 5) is 44.8. The van der Waals surface area contributed by atoms with Crippen LogP contribution in [0, 0.1) is 0 Å². The summed E-state index contributed by atoms with van der Waals surface area (Å²) in [5.41, 5.74) is 1.05. The number of carboxylic acid groups (broad SMARTS) is 1. The number of hydrogen-bond acceptors (Lipinski definition) is 5. The minimum atomic E-state index is -1.000. The Morgan fingerprint density at radius 3 is 2.81 bits per heavy atom. The molecule has 0 bridgehead atoms. The van der Waals surface area contributed by atoms with Crippen molar-refractivity contribution in [3.63, 3.8) is 0 Å². The van der Waals surface area contributed by atoms with Gasteiger partial charge in [0.1, 0.15) is 10.9 Å². The zero-order valence-electron chi connectivity index (χ0n) is 15.3. The number of aryl methyl sites for hydroxylation is 3. The van der Waals surface area contributed by atoms with Gasteiger partial charge in [0.25, 0.3) is 5.56 Å². The maximum atomic E-state index is 12.9. The van der Waals surface area contributed by atoms with Crippen LogP contribution in [0.5, 0.6) is 0 Å². The molecule has 1 saturated carbocycles. The number of hydrogen-bond donors (Lipinski definition) is 1. The Kier molecular flexibility index (Phi) is 4.75. The number of carbonyl (C=O) groups is 2. The second-order valence-corrected chi connectivity index (χ2v) is 8.51. The third-order valence-corrected chi connectivity index (χ3v) is 6.71. The first-order chi connectivity index (χ1) is 13.0. The van der Waals surface area contributed by atoms with Crippen molar-refractivity contribution in [2.75, 3.05) is 0 Å². The molecule has 0 aromatic carbocycles. The van der Waals surface area contributed by atoms with Crippen molar-refractivity contribution in [3.8, 4) is 0 Å². The zero-order valence-corrected chi connectivity index (χ0v) is 16.1. The molecule has 2 aromatic rings. The smallest absolute Gasteiger partial charge is 0.326 e. The van der Waals surface area contributed by atoms with Gasteiger partial charge >= 0.3 is 5.97 Å². The molecule has 0 spiro atoms. The van der Waals surface area contributed by atoms with Crippen LogP contribution in [-0.2, 0) is 29.0 Å². The lowest BCUT2D eigenvalue weighted by molar-refractivity contribution is -0.150. The van der Waals surface area contributed by atoms with Crippen LogP contribution in [0.3, 0.4) is 0 Å². The lowest BCUT2D eigenvalue weighted by Gasteiger charge is -2.26. The number of amides is 1. The highest BCUT2D eigenvalue weighted by Crippen LogP contribution is 2.33. The number of aromatic nitrogens is 2. The molecule has 2 aliphatic carbocycles. The van der Waals surface area contributed by atoms with Crippen molar-refractivity contribution in [2.45, 2.75) is 70.5 Å². The highest BCUT2D eigenvalue weighted by molar-refractivity contribution is 7.18. The molecule has 0 aliphatic heterocycles. The van der Waals surface area contributed by atoms with Gasteiger partial charge in [-0.1, -0.05) is 0 Å². The van der Waals surface area contributed by atoms with Gasteiger partial charge in [0, 0.05) is 23.9 Å². The summed E-state index contributed by atoms with van der Waals surface area (Å²) in [6.45, 7) is 1.76. The predicted octanol–water partition coefficient (Wildman–Crippen LogP) is 2.19. The molecule has 1 amide bonds. The van der Waals surface area contributed by atoms with Crippen molar-refractivity contribution >= 4 is 33.4 Å². The Morgan fingerprint density at radius 2 is 2.11 bits per heavy atom. The molecular weight excluding hydrogens is 366 g/mol. The van der Waals surface area contributed by atoms with E-state index in [0.717, 1.165) is 48.9 Å². The molecule has 8 heteroatoms. The maximum absolute atomic E-state index is 12.9. The van der Waals surface area contributed by atoms with E-state index in [0.29, 0.717) is 5.39 Å². The van der Waals surface area contributed by atoms with Gasteiger partial charge < -0.3 is 10.0 Å². The lowest BCUT2D eigenvalue weighted by atomic mass is 9.97. The van der Waals surface area contributed by atoms with Crippen LogP contribution in [0.4, 0.5) is 0 Å². The van der Waals surface area contributed by atoms with Crippen LogP contribution >= 0.6 is 11.3 Å². The summed E-state index contributed by atoms with van der Waals surface area (Å²) < 4.78 is 1.50. The fraction of sp³-hybridized carbons (Fsp3) is 0.579. The van der Waals surface area contributed by atoms with Gasteiger partial charge in [0.15, 0.2) is 0 Å². The lowest BCUT2D eigenvalue weighted by Crippen LogP contribution is -2.45. The van der Waals surface area contributed by atoms with E-state index in [1.54, 1.807) is 11.3 Å². The van der Waals surface area contributed by atoms with Gasteiger partial charge in [-0.05, 0) is 51.0 Å². The Hall–Kier alpha value is -2.22. The molecule has 1 unspecified atom stereocenters. The predicted molar refractivity (Wildman–Crippen MR) is 102 cm³/mol. The standard InChI is InChI=1S/C19H23N3O4S/c1-11(19(25)26)22(12-6-7-12)15(23)8-9-21-10-20-17-16(18(21)24)13-4-2-3-5-14(13)27-17/h10-12H,2-9H2,1H3,(H,25,26). The summed E-state index contributed by atoms with van der Waals surface area (Å²) in [6.07, 6.45) is 7.49. The summed E-state index contributed by atoms with van der Waals surface area (Å²) in [6, 6.07) is -0.823. The van der Waals surface area contributed by atoms with Crippen molar-refractivity contribution in [2.24, 2.45) is 0 Å². The third kappa shape index (κ3) is 3.38. The third-order valence-electron chi connectivity index (χ3n) is 5.51. The Labute approximate surface area is 160 Å². The number of rotatable bonds is 6. The minimum absolute atomic E-state index is 0.0184. The monoisotopic (exact) mass is 389 g/mol. The molecule has 0 saturated heterocycles. The SMILES string of the molecule is CC(C(=O)O)N(C(=O)CCn1cnc2sc3c(c2c1=O)CCCC3)C1CC1. The van der Waals surface area contributed by atoms with Gasteiger partial charge in [-0.2, -0.15) is 0 Å². The molecule has 144 valence electrons. The summed E-state index contributed by atoms with van der Waals surface area (Å²) in [7, 11) is 0. The van der Waals surface area contributed by atoms with Crippen LogP contribution in [0.25, 0.3) is 10.2 Å². The van der Waals surface area contributed by atoms with E-state index in [1.165, 1.54) is 27.6 Å². The van der Waals surface area contributed by atoms with Gasteiger partial charge in [-0.25, -0.2) is 9.78 Å². The van der Waals surface area contributed by atoms with Crippen LogP contribution in [0.2, 0.25) is 0 Å². The van der Waals surface area contributed by atoms with Crippen LogP contribution < -0.4 is 5.56 Å². The number of carbonyl (C=O) groups excluding carboxylic acids is 1. The van der Waals surface area contributed by atoms with Crippen molar-refractivity contribution in [1.82, 2.24) is 14.5 Å². The van der Waals surface area contributed by atoms with Crippen LogP contribution in [0.15, 0.2) is 11.1 Å². The molecule has 1 fully saturated rings. The molecule has 2 heterocycles. The largest absolute Gasteiger partial charge is 0.480 e. The molecule has 2 aromatic heterocycles. The Morgan fingerprint density at radius 1 is 1.37 bits per heavy atom. The first-order valence-corrected chi connectivity index (χ1v) is 10.3. The normalized spacial score (nSPS) is 17.5. The summed E-state index contributed by atoms with van der Waals surface area (Å²) in [5, 5.41) is 9.97. The van der Waals surface area contributed by atoms with E-state index in [9.17, 15) is 19.5 Å². The van der Waals surface area contributed by atoms with Crippen molar-refractivity contribution < 1.29 is 14.7 Å². The first kappa shape index (κ1) is 18.2. The molecule has 7 nitrogen and oxygen atoms in total. The van der Waals surface area contributed by atoms with E-state index in [-0.39, 0.29) is 30.5 Å². The quantitative estimate of drug-likeness (QED) is 0.818. The average molecular weight is 389 g/mol. The second-order valence-electron chi connectivity index (χ2n) is 7.43. The van der Waals surface area contributed by atoms with Gasteiger partial charge in [-0.3, -0.25) is 14.2 Å². The summed E-state index contributed by atoms with van der Waals surface area (Å²) >= 11 is 1.61. The molecule has 0 radical (unpaired) electrons. The summed E-state index contributed by atoms with van der Waals surface area (Å²) in [5.74, 6) is -1.22. The van der Waals surface area contributed by atoms with E-state index in [2.05, 4.69) is 4.98 Å². The first-order valence-electron chi connectivity index (χ1n) is 9.51. The molecular formula is C19H23N3O4S. The Balaban J connectivity index is 1.55. The van der Waals surface area contributed by atoms with E-state index < -0.39 is 12.0 Å². The number of carboxylic acids is 1. The van der Waals surface area contributed by atoms with Crippen molar-refractivity contribution in [1.29, 1.82) is 0 Å². The number of thiophene rings is 1.